The third-order valence-corrected chi connectivity index (χ3v) is 5.64. The second kappa shape index (κ2) is 4.66. The monoisotopic (exact) mass is 271 g/mol. The summed E-state index contributed by atoms with van der Waals surface area (Å²) in [6.07, 6.45) is 7.27. The quantitative estimate of drug-likeness (QED) is 0.837. The van der Waals surface area contributed by atoms with Crippen LogP contribution in [0.1, 0.15) is 32.4 Å². The number of sulfone groups is 1. The molecule has 1 fully saturated rings. The Morgan fingerprint density at radius 1 is 1.50 bits per heavy atom. The average molecular weight is 271 g/mol. The Morgan fingerprint density at radius 3 is 2.72 bits per heavy atom. The first-order valence-electron chi connectivity index (χ1n) is 6.21. The Kier molecular flexibility index (Phi) is 3.51. The molecule has 0 spiro atoms. The van der Waals surface area contributed by atoms with E-state index in [1.54, 1.807) is 26.4 Å². The average Bonchev–Trinajstić information content (AvgIpc) is 2.96. The first-order chi connectivity index (χ1) is 8.29. The molecule has 1 saturated carbocycles. The van der Waals surface area contributed by atoms with E-state index in [0.717, 1.165) is 12.2 Å². The standard InChI is InChI=1S/C12H21N3O2S/c1-12(2,18(3,16)17)8-15-9-13-6-11(15)7-14-10-4-5-10/h6,9-10,14H,4-5,7-8H2,1-3H3. The highest BCUT2D eigenvalue weighted by molar-refractivity contribution is 7.92. The molecule has 18 heavy (non-hydrogen) atoms. The lowest BCUT2D eigenvalue weighted by Gasteiger charge is -2.24. The molecule has 0 unspecified atom stereocenters. The Hall–Kier alpha value is -0.880. The Bertz CT molecular complexity index is 515. The van der Waals surface area contributed by atoms with Gasteiger partial charge in [0.2, 0.25) is 0 Å². The molecule has 1 N–H and O–H groups in total. The minimum atomic E-state index is -3.08. The number of hydrogen-bond donors (Lipinski definition) is 1. The maximum absolute atomic E-state index is 11.7. The van der Waals surface area contributed by atoms with Crippen molar-refractivity contribution < 1.29 is 8.42 Å². The highest BCUT2D eigenvalue weighted by atomic mass is 32.2. The fraction of sp³-hybridized carbons (Fsp3) is 0.750. The van der Waals surface area contributed by atoms with Crippen LogP contribution < -0.4 is 5.32 Å². The molecule has 0 bridgehead atoms. The van der Waals surface area contributed by atoms with Crippen molar-refractivity contribution in [2.24, 2.45) is 0 Å². The van der Waals surface area contributed by atoms with E-state index in [9.17, 15) is 8.42 Å². The third-order valence-electron chi connectivity index (χ3n) is 3.50. The van der Waals surface area contributed by atoms with Gasteiger partial charge >= 0.3 is 0 Å². The summed E-state index contributed by atoms with van der Waals surface area (Å²) in [6, 6.07) is 0.635. The number of rotatable bonds is 6. The van der Waals surface area contributed by atoms with Crippen LogP contribution in [-0.4, -0.2) is 35.0 Å². The normalized spacial score (nSPS) is 17.1. The molecule has 1 heterocycles. The molecule has 0 aliphatic heterocycles. The maximum atomic E-state index is 11.7. The predicted molar refractivity (Wildman–Crippen MR) is 71.0 cm³/mol. The molecule has 6 heteroatoms. The molecule has 1 aromatic rings. The minimum absolute atomic E-state index is 0.438. The zero-order valence-corrected chi connectivity index (χ0v) is 12.0. The van der Waals surface area contributed by atoms with Crippen molar-refractivity contribution in [1.29, 1.82) is 0 Å². The van der Waals surface area contributed by atoms with Crippen molar-refractivity contribution in [3.63, 3.8) is 0 Å². The molecule has 0 amide bonds. The van der Waals surface area contributed by atoms with Crippen LogP contribution in [0.3, 0.4) is 0 Å². The number of aromatic nitrogens is 2. The van der Waals surface area contributed by atoms with Gasteiger partial charge in [-0.2, -0.15) is 0 Å². The molecule has 5 nitrogen and oxygen atoms in total. The molecule has 1 aromatic heterocycles. The van der Waals surface area contributed by atoms with Gasteiger partial charge in [0.1, 0.15) is 0 Å². The van der Waals surface area contributed by atoms with Crippen LogP contribution in [0.4, 0.5) is 0 Å². The molecule has 2 rings (SSSR count). The Morgan fingerprint density at radius 2 is 2.17 bits per heavy atom. The van der Waals surface area contributed by atoms with Gasteiger partial charge in [-0.1, -0.05) is 0 Å². The fourth-order valence-corrected chi connectivity index (χ4v) is 2.08. The van der Waals surface area contributed by atoms with E-state index in [4.69, 9.17) is 0 Å². The van der Waals surface area contributed by atoms with Crippen LogP contribution in [0.5, 0.6) is 0 Å². The number of hydrogen-bond acceptors (Lipinski definition) is 4. The van der Waals surface area contributed by atoms with Crippen molar-refractivity contribution in [3.8, 4) is 0 Å². The van der Waals surface area contributed by atoms with Crippen molar-refractivity contribution in [1.82, 2.24) is 14.9 Å². The summed E-state index contributed by atoms with van der Waals surface area (Å²) in [5, 5.41) is 3.41. The maximum Gasteiger partial charge on any atom is 0.154 e. The van der Waals surface area contributed by atoms with Crippen LogP contribution in [0.25, 0.3) is 0 Å². The topological polar surface area (TPSA) is 64.0 Å². The SMILES string of the molecule is CC(C)(Cn1cncc1CNC1CC1)S(C)(=O)=O. The molecule has 0 atom stereocenters. The Labute approximate surface area is 109 Å². The van der Waals surface area contributed by atoms with Gasteiger partial charge in [-0.3, -0.25) is 0 Å². The van der Waals surface area contributed by atoms with E-state index >= 15 is 0 Å². The van der Waals surface area contributed by atoms with Crippen LogP contribution >= 0.6 is 0 Å². The minimum Gasteiger partial charge on any atom is -0.332 e. The van der Waals surface area contributed by atoms with E-state index in [2.05, 4.69) is 10.3 Å². The summed E-state index contributed by atoms with van der Waals surface area (Å²) in [7, 11) is -3.08. The number of imidazole rings is 1. The zero-order chi connectivity index (χ0) is 13.4. The molecular weight excluding hydrogens is 250 g/mol. The highest BCUT2D eigenvalue weighted by Gasteiger charge is 2.31. The van der Waals surface area contributed by atoms with Crippen molar-refractivity contribution in [2.45, 2.75) is 50.6 Å². The van der Waals surface area contributed by atoms with Crippen LogP contribution in [-0.2, 0) is 22.9 Å². The van der Waals surface area contributed by atoms with Crippen molar-refractivity contribution >= 4 is 9.84 Å². The van der Waals surface area contributed by atoms with Crippen molar-refractivity contribution in [2.75, 3.05) is 6.26 Å². The molecule has 1 aliphatic rings. The number of nitrogens with zero attached hydrogens (tertiary/aromatic N) is 2. The van der Waals surface area contributed by atoms with Gasteiger partial charge in [-0.15, -0.1) is 0 Å². The van der Waals surface area contributed by atoms with Gasteiger partial charge < -0.3 is 9.88 Å². The molecule has 0 aromatic carbocycles. The summed E-state index contributed by atoms with van der Waals surface area (Å²) in [4.78, 5) is 4.11. The number of nitrogens with one attached hydrogen (secondary N) is 1. The van der Waals surface area contributed by atoms with Crippen LogP contribution in [0, 0.1) is 0 Å². The molecule has 0 radical (unpaired) electrons. The zero-order valence-electron chi connectivity index (χ0n) is 11.2. The molecule has 0 saturated heterocycles. The summed E-state index contributed by atoms with van der Waals surface area (Å²) in [6.45, 7) is 4.69. The third kappa shape index (κ3) is 3.11. The second-order valence-electron chi connectivity index (χ2n) is 5.70. The first-order valence-corrected chi connectivity index (χ1v) is 8.11. The predicted octanol–water partition coefficient (Wildman–Crippen LogP) is 0.958. The second-order valence-corrected chi connectivity index (χ2v) is 8.35. The van der Waals surface area contributed by atoms with Gasteiger partial charge in [-0.05, 0) is 26.7 Å². The van der Waals surface area contributed by atoms with Gasteiger partial charge in [-0.25, -0.2) is 13.4 Å². The van der Waals surface area contributed by atoms with E-state index in [1.807, 2.05) is 4.57 Å². The van der Waals surface area contributed by atoms with Gasteiger partial charge in [0.25, 0.3) is 0 Å². The lowest BCUT2D eigenvalue weighted by Crippen LogP contribution is -2.36. The first kappa shape index (κ1) is 13.5. The molecule has 1 aliphatic carbocycles. The summed E-state index contributed by atoms with van der Waals surface area (Å²) in [5.41, 5.74) is 1.04. The molecular formula is C12H21N3O2S. The molecule has 102 valence electrons. The lowest BCUT2D eigenvalue weighted by molar-refractivity contribution is 0.489. The lowest BCUT2D eigenvalue weighted by atomic mass is 10.2. The van der Waals surface area contributed by atoms with Crippen LogP contribution in [0.2, 0.25) is 0 Å². The van der Waals surface area contributed by atoms with E-state index < -0.39 is 14.6 Å². The van der Waals surface area contributed by atoms with Crippen LogP contribution in [0.15, 0.2) is 12.5 Å². The van der Waals surface area contributed by atoms with E-state index in [0.29, 0.717) is 12.6 Å². The smallest absolute Gasteiger partial charge is 0.154 e. The van der Waals surface area contributed by atoms with Gasteiger partial charge in [0.05, 0.1) is 16.8 Å². The fourth-order valence-electron chi connectivity index (χ4n) is 1.70. The van der Waals surface area contributed by atoms with E-state index in [-0.39, 0.29) is 0 Å². The Balaban J connectivity index is 2.06. The van der Waals surface area contributed by atoms with Crippen molar-refractivity contribution in [3.05, 3.63) is 18.2 Å². The van der Waals surface area contributed by atoms with E-state index in [1.165, 1.54) is 19.1 Å². The summed E-state index contributed by atoms with van der Waals surface area (Å²) >= 11 is 0. The van der Waals surface area contributed by atoms with Gasteiger partial charge in [0, 0.05) is 31.6 Å². The summed E-state index contributed by atoms with van der Waals surface area (Å²) < 4.78 is 24.6. The highest BCUT2D eigenvalue weighted by Crippen LogP contribution is 2.21. The largest absolute Gasteiger partial charge is 0.332 e. The van der Waals surface area contributed by atoms with Gasteiger partial charge in [0.15, 0.2) is 9.84 Å². The summed E-state index contributed by atoms with van der Waals surface area (Å²) in [5.74, 6) is 0.